The lowest BCUT2D eigenvalue weighted by molar-refractivity contribution is -0.384. The third-order valence-corrected chi connectivity index (χ3v) is 2.66. The van der Waals surface area contributed by atoms with E-state index in [0.29, 0.717) is 11.4 Å². The van der Waals surface area contributed by atoms with Crippen LogP contribution in [0.1, 0.15) is 0 Å². The first-order valence-electron chi connectivity index (χ1n) is 6.07. The van der Waals surface area contributed by atoms with Crippen molar-refractivity contribution in [2.24, 2.45) is 10.2 Å². The molecule has 130 valence electrons. The van der Waals surface area contributed by atoms with Gasteiger partial charge in [0.1, 0.15) is 5.02 Å². The first kappa shape index (κ1) is 20.1. The smallest absolute Gasteiger partial charge is 0.403 e. The molecule has 0 radical (unpaired) electrons. The van der Waals surface area contributed by atoms with Crippen molar-refractivity contribution < 1.29 is 22.4 Å². The number of halogens is 1. The van der Waals surface area contributed by atoms with Gasteiger partial charge in [-0.25, -0.2) is 0 Å². The Bertz CT molecular complexity index is 949. The van der Waals surface area contributed by atoms with Crippen LogP contribution in [-0.2, 0) is 10.4 Å². The highest BCUT2D eigenvalue weighted by Crippen LogP contribution is 2.30. The Balaban J connectivity index is 0.000000550. The van der Waals surface area contributed by atoms with Crippen molar-refractivity contribution in [3.63, 3.8) is 0 Å². The summed E-state index contributed by atoms with van der Waals surface area (Å²) in [5.41, 5.74) is 0.954. The first-order valence-corrected chi connectivity index (χ1v) is 7.79. The van der Waals surface area contributed by atoms with Gasteiger partial charge in [0, 0.05) is 28.6 Å². The molecule has 0 saturated carbocycles. The molecule has 13 heteroatoms. The van der Waals surface area contributed by atoms with Crippen molar-refractivity contribution in [2.45, 2.75) is 0 Å². The lowest BCUT2D eigenvalue weighted by atomic mass is 10.3. The number of azo groups is 1. The Labute approximate surface area is 145 Å². The number of hydrogen-bond acceptors (Lipinski definition) is 9. The van der Waals surface area contributed by atoms with Gasteiger partial charge < -0.3 is 9.11 Å². The van der Waals surface area contributed by atoms with Crippen LogP contribution in [0.5, 0.6) is 0 Å². The van der Waals surface area contributed by atoms with Crippen LogP contribution in [0.25, 0.3) is 4.98 Å². The summed E-state index contributed by atoms with van der Waals surface area (Å²) in [6.45, 7) is 0. The average molecular weight is 385 g/mol. The van der Waals surface area contributed by atoms with E-state index in [1.54, 1.807) is 12.1 Å². The summed E-state index contributed by atoms with van der Waals surface area (Å²) in [6, 6.07) is 10.3. The minimum Gasteiger partial charge on any atom is -0.759 e. The van der Waals surface area contributed by atoms with Gasteiger partial charge in [0.05, 0.1) is 16.3 Å². The molecule has 11 nitrogen and oxygen atoms in total. The molecule has 0 spiro atoms. The minimum absolute atomic E-state index is 0.0612. The molecule has 2 rings (SSSR count). The van der Waals surface area contributed by atoms with Crippen molar-refractivity contribution in [2.75, 3.05) is 0 Å². The van der Waals surface area contributed by atoms with Gasteiger partial charge in [-0.1, -0.05) is 17.7 Å². The Morgan fingerprint density at radius 3 is 2.12 bits per heavy atom. The maximum Gasteiger partial charge on any atom is 0.403 e. The highest BCUT2D eigenvalue weighted by molar-refractivity contribution is 7.79. The molecule has 0 atom stereocenters. The standard InChI is InChI=1S/C12H7ClN5O2.H2O4S/c13-11-7-9(4-5-12(11)15-14)17-16-8-2-1-3-10(6-8)18(19)20;1-5(2,3)4/h1-7H;(H2,1,2,3,4)/q+1;/p-2. The van der Waals surface area contributed by atoms with Crippen molar-refractivity contribution in [1.82, 2.24) is 0 Å². The van der Waals surface area contributed by atoms with Gasteiger partial charge in [0.25, 0.3) is 5.69 Å². The van der Waals surface area contributed by atoms with E-state index in [4.69, 9.17) is 34.5 Å². The van der Waals surface area contributed by atoms with E-state index < -0.39 is 15.3 Å². The molecule has 0 aliphatic rings. The zero-order chi connectivity index (χ0) is 19.0. The summed E-state index contributed by atoms with van der Waals surface area (Å²) in [6.07, 6.45) is 0. The van der Waals surface area contributed by atoms with Gasteiger partial charge in [-0.15, -0.1) is 0 Å². The lowest BCUT2D eigenvalue weighted by Gasteiger charge is -2.06. The number of nitrogens with zero attached hydrogens (tertiary/aromatic N) is 5. The Morgan fingerprint density at radius 1 is 1.08 bits per heavy atom. The van der Waals surface area contributed by atoms with E-state index in [0.717, 1.165) is 0 Å². The lowest BCUT2D eigenvalue weighted by Crippen LogP contribution is -1.91. The summed E-state index contributed by atoms with van der Waals surface area (Å²) in [5, 5.41) is 27.3. The van der Waals surface area contributed by atoms with Crippen LogP contribution in [0.2, 0.25) is 5.02 Å². The molecule has 25 heavy (non-hydrogen) atoms. The van der Waals surface area contributed by atoms with Crippen molar-refractivity contribution in [3.8, 4) is 0 Å². The number of nitro groups is 1. The van der Waals surface area contributed by atoms with E-state index in [2.05, 4.69) is 15.2 Å². The molecule has 0 aliphatic heterocycles. The number of rotatable bonds is 3. The molecule has 0 saturated heterocycles. The predicted molar refractivity (Wildman–Crippen MR) is 83.9 cm³/mol. The maximum atomic E-state index is 10.6. The van der Waals surface area contributed by atoms with E-state index >= 15 is 0 Å². The maximum absolute atomic E-state index is 10.6. The van der Waals surface area contributed by atoms with Crippen LogP contribution in [0.15, 0.2) is 52.7 Å². The number of hydrogen-bond donors (Lipinski definition) is 0. The highest BCUT2D eigenvalue weighted by Gasteiger charge is 2.11. The van der Waals surface area contributed by atoms with Gasteiger partial charge >= 0.3 is 5.69 Å². The van der Waals surface area contributed by atoms with Gasteiger partial charge in [0.2, 0.25) is 5.39 Å². The van der Waals surface area contributed by atoms with Crippen LogP contribution in [0, 0.1) is 15.5 Å². The summed E-state index contributed by atoms with van der Waals surface area (Å²) in [7, 11) is -5.17. The molecule has 0 heterocycles. The molecular formula is C12H7ClN5O6S-. The highest BCUT2D eigenvalue weighted by atomic mass is 35.5. The third kappa shape index (κ3) is 7.90. The number of nitro benzene ring substituents is 1. The van der Waals surface area contributed by atoms with Crippen LogP contribution in [-0.4, -0.2) is 22.4 Å². The summed E-state index contributed by atoms with van der Waals surface area (Å²) in [4.78, 5) is 13.1. The average Bonchev–Trinajstić information content (AvgIpc) is 2.52. The second kappa shape index (κ2) is 8.76. The molecule has 2 aromatic rings. The Morgan fingerprint density at radius 2 is 1.64 bits per heavy atom. The van der Waals surface area contributed by atoms with Gasteiger partial charge in [-0.05, 0) is 18.2 Å². The molecule has 0 fully saturated rings. The fourth-order valence-corrected chi connectivity index (χ4v) is 1.64. The minimum atomic E-state index is -5.17. The normalized spacial score (nSPS) is 10.6. The second-order valence-electron chi connectivity index (χ2n) is 4.12. The van der Waals surface area contributed by atoms with Crippen molar-refractivity contribution in [3.05, 3.63) is 62.6 Å². The Hall–Kier alpha value is -2.98. The van der Waals surface area contributed by atoms with Gasteiger partial charge in [-0.2, -0.15) is 10.2 Å². The second-order valence-corrected chi connectivity index (χ2v) is 5.34. The number of diazo groups is 1. The molecule has 0 amide bonds. The predicted octanol–water partition coefficient (Wildman–Crippen LogP) is 3.81. The third-order valence-electron chi connectivity index (χ3n) is 2.36. The molecule has 0 unspecified atom stereocenters. The number of non-ortho nitro benzene ring substituents is 1. The zero-order valence-corrected chi connectivity index (χ0v) is 13.6. The SMILES string of the molecule is N#[N+]c1ccc(N=Nc2cccc([N+](=O)[O-])c2)cc1Cl.O=S(=O)([O-])[O-]. The zero-order valence-electron chi connectivity index (χ0n) is 12.0. The van der Waals surface area contributed by atoms with Crippen LogP contribution in [0.4, 0.5) is 22.7 Å². The summed E-state index contributed by atoms with van der Waals surface area (Å²) in [5.74, 6) is 0. The van der Waals surface area contributed by atoms with E-state index in [1.165, 1.54) is 30.3 Å². The van der Waals surface area contributed by atoms with Gasteiger partial charge in [0.15, 0.2) is 4.98 Å². The molecule has 0 N–H and O–H groups in total. The monoisotopic (exact) mass is 384 g/mol. The fraction of sp³-hybridized carbons (Fsp3) is 0. The van der Waals surface area contributed by atoms with Crippen molar-refractivity contribution >= 4 is 44.7 Å². The summed E-state index contributed by atoms with van der Waals surface area (Å²) >= 11 is 5.83. The molecule has 2 aromatic carbocycles. The molecule has 0 aromatic heterocycles. The topological polar surface area (TPSA) is 176 Å². The molecule has 0 bridgehead atoms. The van der Waals surface area contributed by atoms with Crippen LogP contribution in [0.3, 0.4) is 0 Å². The summed E-state index contributed by atoms with van der Waals surface area (Å²) < 4.78 is 34.1. The number of benzene rings is 2. The van der Waals surface area contributed by atoms with E-state index in [-0.39, 0.29) is 16.4 Å². The first-order chi connectivity index (χ1) is 11.6. The fourth-order valence-electron chi connectivity index (χ4n) is 1.42. The van der Waals surface area contributed by atoms with E-state index in [9.17, 15) is 10.1 Å². The molecule has 0 aliphatic carbocycles. The van der Waals surface area contributed by atoms with Crippen molar-refractivity contribution in [1.29, 1.82) is 5.39 Å². The molecular weight excluding hydrogens is 378 g/mol. The largest absolute Gasteiger partial charge is 0.759 e. The Kier molecular flexibility index (Phi) is 7.03. The van der Waals surface area contributed by atoms with Crippen LogP contribution >= 0.6 is 11.6 Å². The quantitative estimate of drug-likeness (QED) is 0.193. The van der Waals surface area contributed by atoms with E-state index in [1.807, 2.05) is 0 Å². The van der Waals surface area contributed by atoms with Gasteiger partial charge in [-0.3, -0.25) is 18.5 Å². The van der Waals surface area contributed by atoms with Crippen LogP contribution < -0.4 is 0 Å².